The van der Waals surface area contributed by atoms with Crippen LogP contribution in [0.2, 0.25) is 0 Å². The van der Waals surface area contributed by atoms with Gasteiger partial charge in [0.05, 0.1) is 4.90 Å². The number of carbonyl (C=O) groups is 1. The number of fused-ring (bicyclic) bond motifs is 1. The van der Waals surface area contributed by atoms with Gasteiger partial charge in [-0.3, -0.25) is 9.10 Å². The van der Waals surface area contributed by atoms with E-state index < -0.39 is 10.0 Å². The van der Waals surface area contributed by atoms with Crippen LogP contribution >= 0.6 is 11.3 Å². The normalized spacial score (nSPS) is 19.1. The van der Waals surface area contributed by atoms with E-state index in [1.807, 2.05) is 17.5 Å². The first-order valence-electron chi connectivity index (χ1n) is 5.89. The van der Waals surface area contributed by atoms with Crippen LogP contribution in [-0.4, -0.2) is 25.6 Å². The fraction of sp³-hybridized carbons (Fsp3) is 0.0714. The summed E-state index contributed by atoms with van der Waals surface area (Å²) in [6.07, 6.45) is 1.61. The number of carbonyl (C=O) groups excluding carboxylic acids is 1. The zero-order valence-corrected chi connectivity index (χ0v) is 12.2. The van der Waals surface area contributed by atoms with Crippen molar-refractivity contribution in [2.45, 2.75) is 4.90 Å². The van der Waals surface area contributed by atoms with Crippen LogP contribution in [0.3, 0.4) is 0 Å². The number of Topliss-reactive ketones (excluding diaryl/α,β-unsaturated/α-hetero) is 1. The molecular weight excluding hydrogens is 294 g/mol. The Kier molecular flexibility index (Phi) is 2.99. The molecule has 1 aliphatic rings. The van der Waals surface area contributed by atoms with E-state index >= 15 is 0 Å². The van der Waals surface area contributed by atoms with Gasteiger partial charge < -0.3 is 0 Å². The lowest BCUT2D eigenvalue weighted by atomic mass is 10.1. The Bertz CT molecular complexity index is 805. The third kappa shape index (κ3) is 1.88. The summed E-state index contributed by atoms with van der Waals surface area (Å²) in [7, 11) is -2.25. The van der Waals surface area contributed by atoms with Crippen LogP contribution in [0.4, 0.5) is 0 Å². The first-order chi connectivity index (χ1) is 9.51. The summed E-state index contributed by atoms with van der Waals surface area (Å²) in [6.45, 7) is 0. The molecule has 0 atom stereocenters. The summed E-state index contributed by atoms with van der Waals surface area (Å²) in [5, 5.41) is 1.88. The highest BCUT2D eigenvalue weighted by Crippen LogP contribution is 2.32. The Morgan fingerprint density at radius 1 is 1.15 bits per heavy atom. The Hall–Kier alpha value is -1.92. The van der Waals surface area contributed by atoms with Crippen molar-refractivity contribution < 1.29 is 13.2 Å². The van der Waals surface area contributed by atoms with Crippen LogP contribution in [-0.2, 0) is 10.0 Å². The summed E-state index contributed by atoms with van der Waals surface area (Å²) >= 11 is 1.45. The molecule has 0 N–H and O–H groups in total. The van der Waals surface area contributed by atoms with E-state index in [1.165, 1.54) is 24.5 Å². The van der Waals surface area contributed by atoms with Gasteiger partial charge in [-0.25, -0.2) is 8.42 Å². The van der Waals surface area contributed by atoms with Crippen molar-refractivity contribution in [2.75, 3.05) is 7.05 Å². The second kappa shape index (κ2) is 4.57. The molecule has 2 aromatic rings. The summed E-state index contributed by atoms with van der Waals surface area (Å²) in [6, 6.07) is 9.98. The van der Waals surface area contributed by atoms with Crippen molar-refractivity contribution >= 4 is 33.2 Å². The van der Waals surface area contributed by atoms with Crippen molar-refractivity contribution in [2.24, 2.45) is 0 Å². The largest absolute Gasteiger partial charge is 0.287 e. The number of thiophene rings is 1. The third-order valence-corrected chi connectivity index (χ3v) is 5.81. The fourth-order valence-electron chi connectivity index (χ4n) is 2.10. The van der Waals surface area contributed by atoms with Crippen LogP contribution in [0.25, 0.3) is 6.08 Å². The van der Waals surface area contributed by atoms with Crippen molar-refractivity contribution in [3.8, 4) is 0 Å². The molecule has 0 amide bonds. The van der Waals surface area contributed by atoms with E-state index in [9.17, 15) is 13.2 Å². The molecule has 1 aromatic carbocycles. The lowest BCUT2D eigenvalue weighted by Gasteiger charge is -2.27. The molecule has 3 rings (SSSR count). The zero-order chi connectivity index (χ0) is 14.3. The molecule has 0 saturated carbocycles. The first kappa shape index (κ1) is 13.1. The Balaban J connectivity index is 2.24. The van der Waals surface area contributed by atoms with Crippen LogP contribution in [0, 0.1) is 0 Å². The topological polar surface area (TPSA) is 54.5 Å². The smallest absolute Gasteiger partial charge is 0.264 e. The molecule has 0 fully saturated rings. The van der Waals surface area contributed by atoms with Gasteiger partial charge in [0.2, 0.25) is 5.78 Å². The third-order valence-electron chi connectivity index (χ3n) is 3.16. The molecule has 102 valence electrons. The average molecular weight is 305 g/mol. The molecular formula is C14H11NO3S2. The SMILES string of the molecule is CN1/C(=C\c2cccs2)C(=O)c2ccccc2S1(=O)=O. The van der Waals surface area contributed by atoms with Crippen molar-refractivity contribution in [3.63, 3.8) is 0 Å². The quantitative estimate of drug-likeness (QED) is 0.761. The minimum Gasteiger partial charge on any atom is -0.287 e. The molecule has 0 spiro atoms. The molecule has 0 unspecified atom stereocenters. The van der Waals surface area contributed by atoms with E-state index in [1.54, 1.807) is 24.3 Å². The van der Waals surface area contributed by atoms with E-state index in [2.05, 4.69) is 0 Å². The van der Waals surface area contributed by atoms with Gasteiger partial charge in [-0.05, 0) is 29.7 Å². The number of allylic oxidation sites excluding steroid dienone is 1. The number of nitrogens with zero attached hydrogens (tertiary/aromatic N) is 1. The van der Waals surface area contributed by atoms with Gasteiger partial charge in [-0.2, -0.15) is 0 Å². The molecule has 1 aromatic heterocycles. The second-order valence-corrected chi connectivity index (χ2v) is 7.26. The van der Waals surface area contributed by atoms with Gasteiger partial charge in [0.25, 0.3) is 10.0 Å². The maximum atomic E-state index is 12.5. The Labute approximate surface area is 121 Å². The summed E-state index contributed by atoms with van der Waals surface area (Å²) in [5.74, 6) is -0.272. The van der Waals surface area contributed by atoms with Gasteiger partial charge in [0.15, 0.2) is 0 Å². The van der Waals surface area contributed by atoms with Gasteiger partial charge in [-0.1, -0.05) is 18.2 Å². The molecule has 0 saturated heterocycles. The monoisotopic (exact) mass is 305 g/mol. The highest BCUT2D eigenvalue weighted by atomic mass is 32.2. The fourth-order valence-corrected chi connectivity index (χ4v) is 4.13. The molecule has 20 heavy (non-hydrogen) atoms. The molecule has 1 aliphatic heterocycles. The van der Waals surface area contributed by atoms with Gasteiger partial charge in [0, 0.05) is 17.5 Å². The number of hydrogen-bond acceptors (Lipinski definition) is 4. The minimum absolute atomic E-state index is 0.0656. The maximum Gasteiger partial charge on any atom is 0.264 e. The van der Waals surface area contributed by atoms with Crippen LogP contribution in [0.1, 0.15) is 15.2 Å². The van der Waals surface area contributed by atoms with Crippen molar-refractivity contribution in [1.29, 1.82) is 0 Å². The molecule has 0 aliphatic carbocycles. The average Bonchev–Trinajstić information content (AvgIpc) is 2.95. The van der Waals surface area contributed by atoms with E-state index in [-0.39, 0.29) is 21.9 Å². The number of benzene rings is 1. The summed E-state index contributed by atoms with van der Waals surface area (Å²) in [5.41, 5.74) is 0.402. The highest BCUT2D eigenvalue weighted by Gasteiger charge is 2.36. The van der Waals surface area contributed by atoms with Crippen LogP contribution in [0.15, 0.2) is 52.4 Å². The van der Waals surface area contributed by atoms with E-state index in [0.29, 0.717) is 0 Å². The lowest BCUT2D eigenvalue weighted by Crippen LogP contribution is -2.36. The van der Waals surface area contributed by atoms with Crippen LogP contribution < -0.4 is 0 Å². The predicted octanol–water partition coefficient (Wildman–Crippen LogP) is 2.61. The zero-order valence-electron chi connectivity index (χ0n) is 10.6. The molecule has 6 heteroatoms. The number of hydrogen-bond donors (Lipinski definition) is 0. The van der Waals surface area contributed by atoms with Gasteiger partial charge in [-0.15, -0.1) is 11.3 Å². The second-order valence-electron chi connectivity index (χ2n) is 4.34. The maximum absolute atomic E-state index is 12.5. The molecule has 0 bridgehead atoms. The molecule has 4 nitrogen and oxygen atoms in total. The van der Waals surface area contributed by atoms with Crippen molar-refractivity contribution in [1.82, 2.24) is 4.31 Å². The number of ketones is 1. The molecule has 0 radical (unpaired) electrons. The Morgan fingerprint density at radius 3 is 2.60 bits per heavy atom. The van der Waals surface area contributed by atoms with E-state index in [0.717, 1.165) is 9.18 Å². The number of sulfonamides is 1. The minimum atomic E-state index is -3.66. The Morgan fingerprint density at radius 2 is 1.90 bits per heavy atom. The predicted molar refractivity (Wildman–Crippen MR) is 78.0 cm³/mol. The highest BCUT2D eigenvalue weighted by molar-refractivity contribution is 7.89. The number of rotatable bonds is 1. The van der Waals surface area contributed by atoms with Crippen LogP contribution in [0.5, 0.6) is 0 Å². The lowest BCUT2D eigenvalue weighted by molar-refractivity contribution is 0.101. The standard InChI is InChI=1S/C14H11NO3S2/c1-15-12(9-10-5-4-8-19-10)14(16)11-6-2-3-7-13(11)20(15,17)18/h2-9H,1H3/b12-9-. The van der Waals surface area contributed by atoms with Gasteiger partial charge in [0.1, 0.15) is 5.70 Å². The van der Waals surface area contributed by atoms with Gasteiger partial charge >= 0.3 is 0 Å². The first-order valence-corrected chi connectivity index (χ1v) is 8.21. The van der Waals surface area contributed by atoms with E-state index in [4.69, 9.17) is 0 Å². The van der Waals surface area contributed by atoms with Crippen molar-refractivity contribution in [3.05, 3.63) is 57.9 Å². The summed E-state index contributed by atoms with van der Waals surface area (Å²) in [4.78, 5) is 13.4. The molecule has 2 heterocycles. The number of likely N-dealkylation sites (N-methyl/N-ethyl adjacent to an activating group) is 1. The summed E-state index contributed by atoms with van der Waals surface area (Å²) < 4.78 is 25.9.